The van der Waals surface area contributed by atoms with Crippen molar-refractivity contribution >= 4 is 48.1 Å². The number of carbonyl (C=O) groups is 5. The van der Waals surface area contributed by atoms with Crippen molar-refractivity contribution in [3.63, 3.8) is 0 Å². The number of hydrogen-bond donors (Lipinski definition) is 0. The van der Waals surface area contributed by atoms with Crippen LogP contribution in [0.2, 0.25) is 0 Å². The molecule has 0 heterocycles. The largest absolute Gasteiger partial charge is 0.493 e. The highest BCUT2D eigenvalue weighted by atomic mass is 16.6. The lowest BCUT2D eigenvalue weighted by Crippen LogP contribution is -2.26. The van der Waals surface area contributed by atoms with E-state index in [-0.39, 0.29) is 56.9 Å². The maximum atomic E-state index is 13.8. The molecular weight excluding hydrogens is 776 g/mol. The normalized spacial score (nSPS) is 12.1. The van der Waals surface area contributed by atoms with Gasteiger partial charge in [-0.05, 0) is 134 Å². The zero-order valence-corrected chi connectivity index (χ0v) is 36.6. The number of carbonyl (C=O) groups excluding carboxylic acids is 5. The molecule has 0 aromatic heterocycles. The zero-order chi connectivity index (χ0) is 45.2. The predicted molar refractivity (Wildman–Crippen MR) is 225 cm³/mol. The van der Waals surface area contributed by atoms with Crippen molar-refractivity contribution < 1.29 is 66.6 Å². The Hall–Kier alpha value is -6.57. The molecule has 0 radical (unpaired) electrons. The summed E-state index contributed by atoms with van der Waals surface area (Å²) in [6.07, 6.45) is 6.91. The Morgan fingerprint density at radius 2 is 0.900 bits per heavy atom. The Balaban J connectivity index is 2.34. The zero-order valence-electron chi connectivity index (χ0n) is 36.6. The third-order valence-electron chi connectivity index (χ3n) is 7.32. The molecule has 0 atom stereocenters. The van der Waals surface area contributed by atoms with Crippen LogP contribution < -0.4 is 28.4 Å². The molecule has 14 heteroatoms. The third-order valence-corrected chi connectivity index (χ3v) is 7.32. The Morgan fingerprint density at radius 1 is 0.483 bits per heavy atom. The molecule has 14 nitrogen and oxygen atoms in total. The van der Waals surface area contributed by atoms with Crippen LogP contribution in [0.3, 0.4) is 0 Å². The Kier molecular flexibility index (Phi) is 15.9. The van der Waals surface area contributed by atoms with Crippen molar-refractivity contribution in [2.75, 3.05) is 21.3 Å². The maximum absolute atomic E-state index is 13.8. The van der Waals surface area contributed by atoms with Gasteiger partial charge in [0.1, 0.15) is 16.8 Å². The van der Waals surface area contributed by atoms with E-state index >= 15 is 0 Å². The van der Waals surface area contributed by atoms with E-state index in [0.29, 0.717) is 11.1 Å². The van der Waals surface area contributed by atoms with Crippen LogP contribution in [0.15, 0.2) is 60.4 Å². The first-order chi connectivity index (χ1) is 27.8. The second kappa shape index (κ2) is 19.9. The molecule has 0 unspecified atom stereocenters. The van der Waals surface area contributed by atoms with E-state index in [4.69, 9.17) is 42.6 Å². The van der Waals surface area contributed by atoms with E-state index in [1.54, 1.807) is 98.7 Å². The summed E-state index contributed by atoms with van der Waals surface area (Å²) >= 11 is 0. The van der Waals surface area contributed by atoms with Gasteiger partial charge in [0.25, 0.3) is 0 Å². The average Bonchev–Trinajstić information content (AvgIpc) is 3.11. The van der Waals surface area contributed by atoms with Crippen LogP contribution in [-0.4, -0.2) is 68.0 Å². The minimum atomic E-state index is -0.940. The summed E-state index contributed by atoms with van der Waals surface area (Å²) in [5.74, 6) is -3.32. The molecule has 0 aliphatic rings. The highest BCUT2D eigenvalue weighted by molar-refractivity contribution is 5.95. The minimum absolute atomic E-state index is 0.0404. The van der Waals surface area contributed by atoms with Crippen LogP contribution in [-0.2, 0) is 38.2 Å². The molecule has 0 amide bonds. The second-order valence-corrected chi connectivity index (χ2v) is 16.1. The van der Waals surface area contributed by atoms with Crippen molar-refractivity contribution in [1.82, 2.24) is 0 Å². The summed E-state index contributed by atoms with van der Waals surface area (Å²) in [5.41, 5.74) is -0.771. The lowest BCUT2D eigenvalue weighted by molar-refractivity contribution is -0.152. The smallest absolute Gasteiger partial charge is 0.374 e. The lowest BCUT2D eigenvalue weighted by Gasteiger charge is -2.22. The van der Waals surface area contributed by atoms with Crippen LogP contribution in [0.4, 0.5) is 0 Å². The molecule has 3 aromatic carbocycles. The molecule has 0 bridgehead atoms. The molecule has 0 N–H and O–H groups in total. The first-order valence-electron chi connectivity index (χ1n) is 18.8. The van der Waals surface area contributed by atoms with Gasteiger partial charge >= 0.3 is 29.8 Å². The molecule has 0 spiro atoms. The van der Waals surface area contributed by atoms with E-state index in [2.05, 4.69) is 0 Å². The molecule has 0 fully saturated rings. The molecule has 0 aliphatic carbocycles. The highest BCUT2D eigenvalue weighted by Crippen LogP contribution is 2.47. The van der Waals surface area contributed by atoms with Crippen molar-refractivity contribution in [1.29, 1.82) is 0 Å². The summed E-state index contributed by atoms with van der Waals surface area (Å²) in [6, 6.07) is 10.9. The SMILES string of the molecule is COc1cc(/C=C/C(=O)OC(C)(C)C)ccc1O/C(=C\c1cc(OC)c(OC(C)=O)c(-c2cc(/C=C/C(=O)OC(C)(C)C)cc(OC)c2OC(C)=O)c1)C(=O)OC(C)(C)C. The van der Waals surface area contributed by atoms with Crippen LogP contribution in [0.5, 0.6) is 34.5 Å². The van der Waals surface area contributed by atoms with Gasteiger partial charge in [-0.2, -0.15) is 0 Å². The fourth-order valence-corrected chi connectivity index (χ4v) is 5.23. The van der Waals surface area contributed by atoms with Gasteiger partial charge in [0.2, 0.25) is 5.76 Å². The number of rotatable bonds is 14. The predicted octanol–water partition coefficient (Wildman–Crippen LogP) is 8.70. The Bertz CT molecular complexity index is 2190. The van der Waals surface area contributed by atoms with E-state index in [1.165, 1.54) is 71.6 Å². The summed E-state index contributed by atoms with van der Waals surface area (Å²) in [4.78, 5) is 63.7. The van der Waals surface area contributed by atoms with Crippen molar-refractivity contribution in [3.8, 4) is 45.6 Å². The van der Waals surface area contributed by atoms with Crippen molar-refractivity contribution in [3.05, 3.63) is 77.1 Å². The van der Waals surface area contributed by atoms with Gasteiger partial charge in [0.15, 0.2) is 34.5 Å². The average molecular weight is 831 g/mol. The van der Waals surface area contributed by atoms with Gasteiger partial charge in [-0.25, -0.2) is 14.4 Å². The summed E-state index contributed by atoms with van der Waals surface area (Å²) < 4.78 is 51.0. The highest BCUT2D eigenvalue weighted by Gasteiger charge is 2.27. The van der Waals surface area contributed by atoms with Gasteiger partial charge in [0.05, 0.1) is 21.3 Å². The summed E-state index contributed by atoms with van der Waals surface area (Å²) in [7, 11) is 4.13. The molecular formula is C46H54O14. The van der Waals surface area contributed by atoms with Crippen LogP contribution in [0.25, 0.3) is 29.4 Å². The van der Waals surface area contributed by atoms with Gasteiger partial charge in [0, 0.05) is 37.1 Å². The number of ether oxygens (including phenoxy) is 9. The molecule has 322 valence electrons. The number of benzene rings is 3. The Morgan fingerprint density at radius 3 is 1.33 bits per heavy atom. The number of methoxy groups -OCH3 is 3. The summed E-state index contributed by atoms with van der Waals surface area (Å²) in [6.45, 7) is 18.0. The molecule has 0 saturated heterocycles. The van der Waals surface area contributed by atoms with E-state index in [1.807, 2.05) is 0 Å². The second-order valence-electron chi connectivity index (χ2n) is 16.1. The fraction of sp³-hybridized carbons (Fsp3) is 0.370. The topological polar surface area (TPSA) is 168 Å². The van der Waals surface area contributed by atoms with E-state index in [0.717, 1.165) is 0 Å². The molecule has 0 saturated carbocycles. The quantitative estimate of drug-likeness (QED) is 0.0497. The van der Waals surface area contributed by atoms with Crippen molar-refractivity contribution in [2.45, 2.75) is 93.0 Å². The fourth-order valence-electron chi connectivity index (χ4n) is 5.23. The summed E-state index contributed by atoms with van der Waals surface area (Å²) in [5, 5.41) is 0. The lowest BCUT2D eigenvalue weighted by atomic mass is 9.97. The number of hydrogen-bond acceptors (Lipinski definition) is 14. The van der Waals surface area contributed by atoms with Gasteiger partial charge < -0.3 is 42.6 Å². The maximum Gasteiger partial charge on any atom is 0.374 e. The molecule has 0 aliphatic heterocycles. The number of esters is 5. The molecule has 60 heavy (non-hydrogen) atoms. The van der Waals surface area contributed by atoms with E-state index in [9.17, 15) is 24.0 Å². The van der Waals surface area contributed by atoms with Crippen LogP contribution >= 0.6 is 0 Å². The molecule has 3 rings (SSSR count). The first-order valence-corrected chi connectivity index (χ1v) is 18.8. The third kappa shape index (κ3) is 15.0. The van der Waals surface area contributed by atoms with Gasteiger partial charge in [-0.15, -0.1) is 0 Å². The van der Waals surface area contributed by atoms with Gasteiger partial charge in [-0.3, -0.25) is 9.59 Å². The minimum Gasteiger partial charge on any atom is -0.493 e. The van der Waals surface area contributed by atoms with Crippen molar-refractivity contribution in [2.24, 2.45) is 0 Å². The van der Waals surface area contributed by atoms with E-state index < -0.39 is 46.6 Å². The van der Waals surface area contributed by atoms with Crippen LogP contribution in [0.1, 0.15) is 92.9 Å². The first kappa shape index (κ1) is 47.8. The monoisotopic (exact) mass is 830 g/mol. The standard InChI is InChI=1S/C46H54O14/c1-27(47)55-41-32(21-30(24-36(41)53-13)17-20-40(50)59-45(6,7)8)33-22-31(25-37(54-14)42(33)56-28(2)48)26-38(43(51)60-46(9,10)11)57-34-18-15-29(23-35(34)52-12)16-19-39(49)58-44(3,4)5/h15-26H,1-14H3/b19-16+,20-17+,38-26-. The Labute approximate surface area is 351 Å². The van der Waals surface area contributed by atoms with Crippen LogP contribution in [0, 0.1) is 0 Å². The molecule has 3 aromatic rings. The van der Waals surface area contributed by atoms with Gasteiger partial charge in [-0.1, -0.05) is 6.07 Å².